The molecular weight excluding hydrogens is 344 g/mol. The summed E-state index contributed by atoms with van der Waals surface area (Å²) in [6.07, 6.45) is 1.24. The standard InChI is InChI=1S/C21H30N2O4/c1-4-26-17-10-12-22(13-11-17)21(25)20-19(16-8-6-5-7-9-16)23(15(2)3)18(24)14-27-20/h5-9,15,17,19-20H,4,10-14H2,1-3H3/t19-,20+/m1/s1. The summed E-state index contributed by atoms with van der Waals surface area (Å²) in [5.41, 5.74) is 0.932. The SMILES string of the molecule is CCOC1CCN(C(=O)[C@H]2OCC(=O)N(C(C)C)[C@@H]2c2ccccc2)CC1. The van der Waals surface area contributed by atoms with Crippen molar-refractivity contribution in [2.45, 2.75) is 57.9 Å². The maximum absolute atomic E-state index is 13.3. The number of hydrogen-bond donors (Lipinski definition) is 0. The van der Waals surface area contributed by atoms with Crippen LogP contribution in [-0.4, -0.2) is 66.2 Å². The Morgan fingerprint density at radius 3 is 2.48 bits per heavy atom. The highest BCUT2D eigenvalue weighted by Gasteiger charge is 2.44. The number of carbonyl (C=O) groups is 2. The number of morpholine rings is 1. The van der Waals surface area contributed by atoms with Crippen molar-refractivity contribution in [2.75, 3.05) is 26.3 Å². The number of benzene rings is 1. The van der Waals surface area contributed by atoms with Crippen molar-refractivity contribution in [2.24, 2.45) is 0 Å². The second-order valence-electron chi connectivity index (χ2n) is 7.46. The summed E-state index contributed by atoms with van der Waals surface area (Å²) in [5, 5.41) is 0. The molecule has 2 heterocycles. The smallest absolute Gasteiger partial charge is 0.254 e. The summed E-state index contributed by atoms with van der Waals surface area (Å²) >= 11 is 0. The lowest BCUT2D eigenvalue weighted by molar-refractivity contribution is -0.173. The van der Waals surface area contributed by atoms with Crippen molar-refractivity contribution in [3.05, 3.63) is 35.9 Å². The van der Waals surface area contributed by atoms with E-state index in [1.54, 1.807) is 4.90 Å². The number of rotatable bonds is 5. The van der Waals surface area contributed by atoms with Gasteiger partial charge in [0, 0.05) is 25.7 Å². The first-order valence-corrected chi connectivity index (χ1v) is 9.91. The molecule has 0 bridgehead atoms. The maximum atomic E-state index is 13.3. The first kappa shape index (κ1) is 19.8. The number of ether oxygens (including phenoxy) is 2. The minimum absolute atomic E-state index is 0.00871. The van der Waals surface area contributed by atoms with E-state index >= 15 is 0 Å². The molecule has 2 atom stereocenters. The van der Waals surface area contributed by atoms with E-state index in [1.807, 2.05) is 56.0 Å². The zero-order valence-electron chi connectivity index (χ0n) is 16.5. The molecule has 1 aromatic rings. The number of piperidine rings is 1. The topological polar surface area (TPSA) is 59.1 Å². The second kappa shape index (κ2) is 8.85. The van der Waals surface area contributed by atoms with Crippen LogP contribution in [0.1, 0.15) is 45.2 Å². The Labute approximate surface area is 161 Å². The van der Waals surface area contributed by atoms with E-state index in [4.69, 9.17) is 9.47 Å². The summed E-state index contributed by atoms with van der Waals surface area (Å²) in [7, 11) is 0. The highest BCUT2D eigenvalue weighted by Crippen LogP contribution is 2.33. The van der Waals surface area contributed by atoms with Crippen molar-refractivity contribution < 1.29 is 19.1 Å². The van der Waals surface area contributed by atoms with E-state index in [-0.39, 0.29) is 30.6 Å². The van der Waals surface area contributed by atoms with Gasteiger partial charge in [-0.3, -0.25) is 9.59 Å². The molecule has 0 unspecified atom stereocenters. The Balaban J connectivity index is 1.81. The fraction of sp³-hybridized carbons (Fsp3) is 0.619. The van der Waals surface area contributed by atoms with Gasteiger partial charge in [0.1, 0.15) is 6.61 Å². The van der Waals surface area contributed by atoms with Crippen LogP contribution in [0.4, 0.5) is 0 Å². The van der Waals surface area contributed by atoms with Gasteiger partial charge in [-0.1, -0.05) is 30.3 Å². The third kappa shape index (κ3) is 4.33. The lowest BCUT2D eigenvalue weighted by Gasteiger charge is -2.44. The van der Waals surface area contributed by atoms with Gasteiger partial charge in [-0.2, -0.15) is 0 Å². The largest absolute Gasteiger partial charge is 0.378 e. The lowest BCUT2D eigenvalue weighted by Crippen LogP contribution is -2.57. The molecule has 6 nitrogen and oxygen atoms in total. The summed E-state index contributed by atoms with van der Waals surface area (Å²) in [6.45, 7) is 7.94. The van der Waals surface area contributed by atoms with Crippen molar-refractivity contribution in [3.8, 4) is 0 Å². The monoisotopic (exact) mass is 374 g/mol. The molecule has 2 saturated heterocycles. The number of hydrogen-bond acceptors (Lipinski definition) is 4. The van der Waals surface area contributed by atoms with E-state index in [1.165, 1.54) is 0 Å². The Bertz CT molecular complexity index is 641. The van der Waals surface area contributed by atoms with Crippen molar-refractivity contribution >= 4 is 11.8 Å². The molecule has 6 heteroatoms. The molecule has 148 valence electrons. The molecule has 0 spiro atoms. The Kier molecular flexibility index (Phi) is 6.50. The van der Waals surface area contributed by atoms with Crippen molar-refractivity contribution in [1.29, 1.82) is 0 Å². The first-order chi connectivity index (χ1) is 13.0. The highest BCUT2D eigenvalue weighted by molar-refractivity contribution is 5.86. The predicted octanol–water partition coefficient (Wildman–Crippen LogP) is 2.39. The summed E-state index contributed by atoms with van der Waals surface area (Å²) in [5.74, 6) is -0.102. The lowest BCUT2D eigenvalue weighted by atomic mass is 9.94. The molecule has 1 aromatic carbocycles. The van der Waals surface area contributed by atoms with Crippen LogP contribution >= 0.6 is 0 Å². The quantitative estimate of drug-likeness (QED) is 0.794. The summed E-state index contributed by atoms with van der Waals surface area (Å²) in [6, 6.07) is 9.32. The Morgan fingerprint density at radius 2 is 1.89 bits per heavy atom. The number of likely N-dealkylation sites (tertiary alicyclic amines) is 1. The Hall–Kier alpha value is -1.92. The normalized spacial score (nSPS) is 24.5. The minimum Gasteiger partial charge on any atom is -0.378 e. The molecule has 2 amide bonds. The van der Waals surface area contributed by atoms with Gasteiger partial charge in [0.15, 0.2) is 6.10 Å². The molecular formula is C21H30N2O4. The van der Waals surface area contributed by atoms with E-state index < -0.39 is 12.1 Å². The zero-order chi connectivity index (χ0) is 19.4. The predicted molar refractivity (Wildman–Crippen MR) is 102 cm³/mol. The second-order valence-corrected chi connectivity index (χ2v) is 7.46. The molecule has 0 saturated carbocycles. The van der Waals surface area contributed by atoms with Gasteiger partial charge < -0.3 is 19.3 Å². The van der Waals surface area contributed by atoms with Crippen molar-refractivity contribution in [3.63, 3.8) is 0 Å². The van der Waals surface area contributed by atoms with Crippen LogP contribution in [0, 0.1) is 0 Å². The van der Waals surface area contributed by atoms with Crippen LogP contribution < -0.4 is 0 Å². The molecule has 3 rings (SSSR count). The number of amides is 2. The summed E-state index contributed by atoms with van der Waals surface area (Å²) in [4.78, 5) is 29.5. The number of carbonyl (C=O) groups excluding carboxylic acids is 2. The van der Waals surface area contributed by atoms with E-state index in [0.717, 1.165) is 18.4 Å². The average Bonchev–Trinajstić information content (AvgIpc) is 2.68. The van der Waals surface area contributed by atoms with E-state index in [2.05, 4.69) is 0 Å². The fourth-order valence-corrected chi connectivity index (χ4v) is 4.09. The van der Waals surface area contributed by atoms with Gasteiger partial charge in [0.2, 0.25) is 5.91 Å². The minimum atomic E-state index is -0.670. The van der Waals surface area contributed by atoms with Crippen LogP contribution in [0.2, 0.25) is 0 Å². The van der Waals surface area contributed by atoms with Gasteiger partial charge >= 0.3 is 0 Å². The van der Waals surface area contributed by atoms with Crippen LogP contribution in [0.25, 0.3) is 0 Å². The van der Waals surface area contributed by atoms with E-state index in [0.29, 0.717) is 19.7 Å². The zero-order valence-corrected chi connectivity index (χ0v) is 16.5. The fourth-order valence-electron chi connectivity index (χ4n) is 4.09. The molecule has 27 heavy (non-hydrogen) atoms. The first-order valence-electron chi connectivity index (χ1n) is 9.91. The molecule has 2 fully saturated rings. The summed E-state index contributed by atoms with van der Waals surface area (Å²) < 4.78 is 11.5. The van der Waals surface area contributed by atoms with Gasteiger partial charge in [-0.15, -0.1) is 0 Å². The molecule has 0 radical (unpaired) electrons. The maximum Gasteiger partial charge on any atom is 0.254 e. The molecule has 0 aromatic heterocycles. The van der Waals surface area contributed by atoms with Crippen LogP contribution in [0.15, 0.2) is 30.3 Å². The van der Waals surface area contributed by atoms with Crippen molar-refractivity contribution in [1.82, 2.24) is 9.80 Å². The van der Waals surface area contributed by atoms with Gasteiger partial charge in [-0.05, 0) is 39.2 Å². The third-order valence-electron chi connectivity index (χ3n) is 5.36. The molecule has 2 aliphatic rings. The Morgan fingerprint density at radius 1 is 1.22 bits per heavy atom. The molecule has 2 aliphatic heterocycles. The molecule has 0 N–H and O–H groups in total. The average molecular weight is 374 g/mol. The van der Waals surface area contributed by atoms with Gasteiger partial charge in [0.25, 0.3) is 5.91 Å². The van der Waals surface area contributed by atoms with Crippen LogP contribution in [0.5, 0.6) is 0 Å². The van der Waals surface area contributed by atoms with E-state index in [9.17, 15) is 9.59 Å². The third-order valence-corrected chi connectivity index (χ3v) is 5.36. The molecule has 0 aliphatic carbocycles. The highest BCUT2D eigenvalue weighted by atomic mass is 16.5. The van der Waals surface area contributed by atoms with Crippen LogP contribution in [0.3, 0.4) is 0 Å². The van der Waals surface area contributed by atoms with Crippen LogP contribution in [-0.2, 0) is 19.1 Å². The number of nitrogens with zero attached hydrogens (tertiary/aromatic N) is 2. The van der Waals surface area contributed by atoms with Gasteiger partial charge in [0.05, 0.1) is 12.1 Å². The van der Waals surface area contributed by atoms with Gasteiger partial charge in [-0.25, -0.2) is 0 Å².